The summed E-state index contributed by atoms with van der Waals surface area (Å²) in [4.78, 5) is 18.5. The molecule has 2 aromatic carbocycles. The molecule has 1 amide bonds. The van der Waals surface area contributed by atoms with Gasteiger partial charge in [-0.3, -0.25) is 9.79 Å². The molecule has 100 heavy (non-hydrogen) atoms. The number of aliphatic imine (C=N–C) groups is 1. The molecule has 0 unspecified atom stereocenters. The van der Waals surface area contributed by atoms with E-state index >= 15 is 0 Å². The Morgan fingerprint density at radius 2 is 0.670 bits per heavy atom. The van der Waals surface area contributed by atoms with Crippen LogP contribution < -0.4 is 16.4 Å². The monoisotopic (exact) mass is 1440 g/mol. The highest BCUT2D eigenvalue weighted by atomic mass is 16.8. The van der Waals surface area contributed by atoms with Crippen LogP contribution in [0.1, 0.15) is 35.3 Å². The smallest absolute Gasteiger partial charge is 0.251 e. The van der Waals surface area contributed by atoms with Crippen LogP contribution in [0.25, 0.3) is 0 Å². The molecule has 22 aliphatic rings. The van der Waals surface area contributed by atoms with Crippen LogP contribution in [0.3, 0.4) is 0 Å². The molecule has 0 radical (unpaired) electrons. The number of nitrogens with zero attached hydrogens (tertiary/aromatic N) is 1. The minimum atomic E-state index is -2.24. The summed E-state index contributed by atoms with van der Waals surface area (Å²) in [6.45, 7) is -2.94. The lowest BCUT2D eigenvalue weighted by atomic mass is 9.78. The van der Waals surface area contributed by atoms with Gasteiger partial charge < -0.3 is 185 Å². The summed E-state index contributed by atoms with van der Waals surface area (Å²) in [5, 5.41) is 231. The molecule has 35 atom stereocenters. The Morgan fingerprint density at radius 1 is 0.390 bits per heavy atom. The van der Waals surface area contributed by atoms with Crippen molar-refractivity contribution < 1.29 is 173 Å². The number of nitrogen functional groups attached to an aromatic ring is 1. The van der Waals surface area contributed by atoms with Crippen molar-refractivity contribution in [3.8, 4) is 0 Å². The van der Waals surface area contributed by atoms with E-state index in [1.165, 1.54) is 0 Å². The van der Waals surface area contributed by atoms with Gasteiger partial charge in [0, 0.05) is 36.3 Å². The number of aliphatic hydroxyl groups excluding tert-OH is 20. The molecule has 14 bridgehead atoms. The average Bonchev–Trinajstić information content (AvgIpc) is 1.51. The Morgan fingerprint density at radius 3 is 0.960 bits per heavy atom. The van der Waals surface area contributed by atoms with Crippen LogP contribution in [-0.4, -0.2) is 388 Å². The number of amides is 1. The van der Waals surface area contributed by atoms with Crippen molar-refractivity contribution in [1.82, 2.24) is 10.6 Å². The summed E-state index contributed by atoms with van der Waals surface area (Å²) in [5.41, 5.74) is 9.26. The molecule has 39 nitrogen and oxygen atoms in total. The number of nitrogens with one attached hydrogen (secondary N) is 2. The van der Waals surface area contributed by atoms with Crippen molar-refractivity contribution in [2.24, 2.45) is 4.99 Å². The highest BCUT2D eigenvalue weighted by Crippen LogP contribution is 2.44. The molecule has 24 rings (SSSR count). The number of hydrogen-bond donors (Lipinski definition) is 23. The number of hydrogen-bond acceptors (Lipinski definition) is 38. The van der Waals surface area contributed by atoms with Gasteiger partial charge >= 0.3 is 0 Å². The van der Waals surface area contributed by atoms with E-state index < -0.39 is 272 Å². The second kappa shape index (κ2) is 32.4. The number of nitrogens with two attached hydrogens (primary N) is 1. The lowest BCUT2D eigenvalue weighted by Gasteiger charge is -2.50. The number of carbonyl (C=O) groups is 1. The molecule has 22 heterocycles. The SMILES string of the molecule is CC1(C)C(c2ccc(N)cc2)=Nc2ccc(C(=O)NCCNC[C@H]3O[C@@H]4O[C@H]5[C@H](O)[C@@H](O)[C@@H](O[C@H]6[C@H](O)[C@@H](O)[C@@H](O[C@H]7[C@H](O)[C@@H](O)[C@@H](O[C@H]8[C@H](O)[C@@H](O)[C@@H](O[C@H]9[C@H](O)[C@@H](O)[C@@H](O[C@H]%10[C@H](O)[C@@H](O)[C@@H](O[C@H]3[C@H](O)[C@H]4O)O[C@@H]%10CO)O[C@@H]9CO)O[C@@H]8CO)O[C@@H]7CO)O[C@@H]6CO)O[C@@H]5CO)cc21. The first kappa shape index (κ1) is 77.1. The van der Waals surface area contributed by atoms with Gasteiger partial charge in [0.05, 0.1) is 51.0 Å². The topological polar surface area (TPSA) is 613 Å². The number of fused-ring (bicyclic) bond motifs is 1. The zero-order chi connectivity index (χ0) is 72.1. The first-order valence-corrected chi connectivity index (χ1v) is 32.6. The molecule has 2 aromatic rings. The van der Waals surface area contributed by atoms with Crippen molar-refractivity contribution in [3.63, 3.8) is 0 Å². The molecule has 21 fully saturated rings. The summed E-state index contributed by atoms with van der Waals surface area (Å²) in [7, 11) is 0. The molecule has 39 heteroatoms. The first-order valence-electron chi connectivity index (χ1n) is 32.6. The van der Waals surface area contributed by atoms with Crippen LogP contribution in [0, 0.1) is 0 Å². The predicted octanol–water partition coefficient (Wildman–Crippen LogP) is -12.2. The van der Waals surface area contributed by atoms with Crippen molar-refractivity contribution in [3.05, 3.63) is 59.2 Å². The third-order valence-electron chi connectivity index (χ3n) is 19.5. The van der Waals surface area contributed by atoms with Crippen molar-refractivity contribution in [1.29, 1.82) is 0 Å². The van der Waals surface area contributed by atoms with Gasteiger partial charge in [0.2, 0.25) is 0 Å². The Balaban J connectivity index is 0.844. The number of benzene rings is 2. The predicted molar refractivity (Wildman–Crippen MR) is 323 cm³/mol. The van der Waals surface area contributed by atoms with Gasteiger partial charge in [-0.25, -0.2) is 0 Å². The first-order chi connectivity index (χ1) is 47.7. The lowest BCUT2D eigenvalue weighted by Crippen LogP contribution is -2.68. The number of anilines is 1. The maximum Gasteiger partial charge on any atom is 0.251 e. The van der Waals surface area contributed by atoms with E-state index in [4.69, 9.17) is 77.0 Å². The van der Waals surface area contributed by atoms with Gasteiger partial charge in [0.25, 0.3) is 5.91 Å². The molecule has 564 valence electrons. The number of rotatable bonds is 13. The lowest BCUT2D eigenvalue weighted by molar-refractivity contribution is -0.396. The fourth-order valence-corrected chi connectivity index (χ4v) is 13.8. The van der Waals surface area contributed by atoms with Gasteiger partial charge in [0.1, 0.15) is 171 Å². The highest BCUT2D eigenvalue weighted by molar-refractivity contribution is 6.13. The maximum absolute atomic E-state index is 13.7. The van der Waals surface area contributed by atoms with Crippen molar-refractivity contribution >= 4 is 23.0 Å². The summed E-state index contributed by atoms with van der Waals surface area (Å²) in [6.07, 6.45) is -70.9. The zero-order valence-electron chi connectivity index (χ0n) is 53.7. The highest BCUT2D eigenvalue weighted by Gasteiger charge is 2.60. The van der Waals surface area contributed by atoms with E-state index in [0.29, 0.717) is 16.9 Å². The Hall–Kier alpha value is -4.02. The van der Waals surface area contributed by atoms with E-state index in [1.807, 2.05) is 26.0 Å². The van der Waals surface area contributed by atoms with Crippen molar-refractivity contribution in [2.75, 3.05) is 65.0 Å². The van der Waals surface area contributed by atoms with Gasteiger partial charge in [0.15, 0.2) is 44.0 Å². The van der Waals surface area contributed by atoms with Crippen molar-refractivity contribution in [2.45, 2.75) is 234 Å². The molecule has 0 aliphatic carbocycles. The fourth-order valence-electron chi connectivity index (χ4n) is 13.8. The van der Waals surface area contributed by atoms with E-state index in [9.17, 15) is 107 Å². The minimum Gasteiger partial charge on any atom is -0.399 e. The largest absolute Gasteiger partial charge is 0.399 e. The van der Waals surface area contributed by atoms with Gasteiger partial charge in [-0.2, -0.15) is 0 Å². The molecule has 22 aliphatic heterocycles. The van der Waals surface area contributed by atoms with Crippen LogP contribution in [0.4, 0.5) is 11.4 Å². The molecule has 0 saturated carbocycles. The zero-order valence-corrected chi connectivity index (χ0v) is 53.7. The molecule has 0 aromatic heterocycles. The Labute approximate surface area is 568 Å². The second-order valence-electron chi connectivity index (χ2n) is 26.4. The minimum absolute atomic E-state index is 0.0469. The number of aliphatic hydroxyl groups is 20. The van der Waals surface area contributed by atoms with Crippen LogP contribution in [0.15, 0.2) is 47.5 Å². The van der Waals surface area contributed by atoms with Gasteiger partial charge in [-0.05, 0) is 41.5 Å². The summed E-state index contributed by atoms with van der Waals surface area (Å²) in [5.74, 6) is -0.476. The molecular weight excluding hydrogens is 1350 g/mol. The second-order valence-corrected chi connectivity index (χ2v) is 26.4. The van der Waals surface area contributed by atoms with Gasteiger partial charge in [-0.1, -0.05) is 26.0 Å². The molecule has 24 N–H and O–H groups in total. The summed E-state index contributed by atoms with van der Waals surface area (Å²) >= 11 is 0. The number of carbonyl (C=O) groups excluding carboxylic acids is 1. The molecule has 0 spiro atoms. The Bertz CT molecular complexity index is 3030. The summed E-state index contributed by atoms with van der Waals surface area (Å²) in [6, 6.07) is 12.3. The van der Waals surface area contributed by atoms with Gasteiger partial charge in [-0.15, -0.1) is 0 Å². The average molecular weight is 1440 g/mol. The molecular formula is C61H90N4O35. The van der Waals surface area contributed by atoms with E-state index in [0.717, 1.165) is 16.8 Å². The quantitative estimate of drug-likeness (QED) is 0.0654. The van der Waals surface area contributed by atoms with E-state index in [2.05, 4.69) is 10.6 Å². The van der Waals surface area contributed by atoms with Crippen LogP contribution >= 0.6 is 0 Å². The fraction of sp³-hybridized carbons (Fsp3) is 0.770. The maximum atomic E-state index is 13.7. The van der Waals surface area contributed by atoms with E-state index in [-0.39, 0.29) is 13.1 Å². The third kappa shape index (κ3) is 15.2. The number of ether oxygens (including phenoxy) is 14. The molecule has 21 saturated heterocycles. The summed E-state index contributed by atoms with van der Waals surface area (Å²) < 4.78 is 81.9. The van der Waals surface area contributed by atoms with Crippen LogP contribution in [0.2, 0.25) is 0 Å². The third-order valence-corrected chi connectivity index (χ3v) is 19.5. The Kier molecular flexibility index (Phi) is 25.0. The standard InChI is InChI=1S/C61H90N4O35/c1-61(2)22-11-20(5-8-23(22)65-52(61)19-3-6-21(62)7-4-19)53(86)64-10-9-63-12-24-45-31(72)38(79)54(87-24)95-46-25(13-66)89-56(40(81)33(46)74)97-48-27(15-68)91-58(42(83)35(48)76)99-50-29(17-70)93-60(44(85)37(50)78)100-51-30(18-71)92-59(43(84)36(51)77)98-49-28(16-69)90-57(41(82)34(49)75)96-47-26(14-67)88-55(94-45)39(80)32(47)73/h3-8,11,24-51,54-60,63,66-85H,9-10,12-18,62H2,1-2H3,(H,64,86)/t24-,25-,26-,27-,28-,29-,30-,31-,32-,33-,34-,35-,36-,37-,38-,39-,40-,41-,42-,43-,44-,45-,46-,47-,48-,49-,50-,51-,54-,55-,56-,57-,58-,59-,60-/m1/s1. The van der Waals surface area contributed by atoms with Crippen LogP contribution in [0.5, 0.6) is 0 Å². The normalized spacial score (nSPS) is 46.3. The van der Waals surface area contributed by atoms with Crippen LogP contribution in [-0.2, 0) is 71.7 Å². The van der Waals surface area contributed by atoms with E-state index in [1.54, 1.807) is 30.3 Å².